The van der Waals surface area contributed by atoms with Gasteiger partial charge in [-0.05, 0) is 38.0 Å². The molecule has 4 nitrogen and oxygen atoms in total. The van der Waals surface area contributed by atoms with E-state index >= 15 is 0 Å². The second-order valence-electron chi connectivity index (χ2n) is 5.14. The average molecular weight is 257 g/mol. The Hall–Kier alpha value is -1.81. The van der Waals surface area contributed by atoms with Gasteiger partial charge < -0.3 is 15.1 Å². The van der Waals surface area contributed by atoms with Gasteiger partial charge in [0.1, 0.15) is 11.6 Å². The predicted molar refractivity (Wildman–Crippen MR) is 74.8 cm³/mol. The summed E-state index contributed by atoms with van der Waals surface area (Å²) in [6, 6.07) is 8.49. The van der Waals surface area contributed by atoms with Crippen molar-refractivity contribution in [3.05, 3.63) is 48.0 Å². The van der Waals surface area contributed by atoms with Crippen molar-refractivity contribution >= 4 is 5.82 Å². The van der Waals surface area contributed by atoms with Crippen LogP contribution in [0.4, 0.5) is 5.82 Å². The van der Waals surface area contributed by atoms with Crippen molar-refractivity contribution in [1.82, 2.24) is 4.98 Å². The molecule has 19 heavy (non-hydrogen) atoms. The molecule has 0 radical (unpaired) electrons. The van der Waals surface area contributed by atoms with Gasteiger partial charge in [-0.3, -0.25) is 0 Å². The summed E-state index contributed by atoms with van der Waals surface area (Å²) < 4.78 is 5.46. The van der Waals surface area contributed by atoms with E-state index in [1.807, 2.05) is 31.3 Å². The quantitative estimate of drug-likeness (QED) is 0.894. The van der Waals surface area contributed by atoms with Gasteiger partial charge in [0, 0.05) is 23.8 Å². The Bertz CT molecular complexity index is 532. The molecule has 0 bridgehead atoms. The number of anilines is 1. The minimum atomic E-state index is -0.0125. The van der Waals surface area contributed by atoms with E-state index in [4.69, 9.17) is 10.2 Å². The topological polar surface area (TPSA) is 55.3 Å². The monoisotopic (exact) mass is 257 g/mol. The van der Waals surface area contributed by atoms with Crippen LogP contribution in [0, 0.1) is 0 Å². The van der Waals surface area contributed by atoms with Gasteiger partial charge in [-0.25, -0.2) is 4.98 Å². The third-order valence-corrected chi connectivity index (χ3v) is 3.47. The second kappa shape index (κ2) is 5.05. The molecule has 0 spiro atoms. The molecule has 2 aromatic rings. The standard InChI is InChI=1S/C15H19N3O/c1-11(16)14-5-2-8-17-15(14)18(12-6-7-12)10-13-4-3-9-19-13/h2-5,8-9,11-12H,6-7,10,16H2,1H3/t11-/m0/s1. The van der Waals surface area contributed by atoms with E-state index in [0.717, 1.165) is 23.7 Å². The Morgan fingerprint density at radius 2 is 2.26 bits per heavy atom. The molecule has 3 rings (SSSR count). The third kappa shape index (κ3) is 2.63. The first-order valence-corrected chi connectivity index (χ1v) is 6.75. The van der Waals surface area contributed by atoms with E-state index < -0.39 is 0 Å². The first-order valence-electron chi connectivity index (χ1n) is 6.75. The lowest BCUT2D eigenvalue weighted by molar-refractivity contribution is 0.499. The van der Waals surface area contributed by atoms with Crippen LogP contribution in [0.1, 0.15) is 37.1 Å². The average Bonchev–Trinajstić information content (AvgIpc) is 3.13. The number of furan rings is 1. The molecular formula is C15H19N3O. The maximum absolute atomic E-state index is 6.06. The molecule has 1 aliphatic rings. The first-order chi connectivity index (χ1) is 9.25. The van der Waals surface area contributed by atoms with Gasteiger partial charge in [-0.2, -0.15) is 0 Å². The molecule has 0 amide bonds. The molecule has 1 saturated carbocycles. The molecule has 1 fully saturated rings. The van der Waals surface area contributed by atoms with E-state index in [9.17, 15) is 0 Å². The summed E-state index contributed by atoms with van der Waals surface area (Å²) in [5, 5.41) is 0. The molecule has 2 aromatic heterocycles. The zero-order valence-electron chi connectivity index (χ0n) is 11.1. The predicted octanol–water partition coefficient (Wildman–Crippen LogP) is 2.86. The summed E-state index contributed by atoms with van der Waals surface area (Å²) in [6.45, 7) is 2.76. The molecule has 1 atom stereocenters. The Morgan fingerprint density at radius 3 is 2.89 bits per heavy atom. The summed E-state index contributed by atoms with van der Waals surface area (Å²) in [6.07, 6.45) is 5.98. The lowest BCUT2D eigenvalue weighted by Crippen LogP contribution is -2.28. The highest BCUT2D eigenvalue weighted by Gasteiger charge is 2.32. The number of rotatable bonds is 5. The Labute approximate surface area is 113 Å². The van der Waals surface area contributed by atoms with Crippen LogP contribution in [0.3, 0.4) is 0 Å². The normalized spacial score (nSPS) is 16.3. The van der Waals surface area contributed by atoms with Crippen LogP contribution in [0.2, 0.25) is 0 Å². The number of hydrogen-bond acceptors (Lipinski definition) is 4. The molecule has 0 unspecified atom stereocenters. The number of nitrogens with zero attached hydrogens (tertiary/aromatic N) is 2. The van der Waals surface area contributed by atoms with Gasteiger partial charge in [0.05, 0.1) is 12.8 Å². The Kier molecular flexibility index (Phi) is 3.25. The molecule has 100 valence electrons. The van der Waals surface area contributed by atoms with Crippen molar-refractivity contribution in [2.24, 2.45) is 5.73 Å². The molecule has 0 saturated heterocycles. The smallest absolute Gasteiger partial charge is 0.133 e. The van der Waals surface area contributed by atoms with Gasteiger partial charge in [-0.15, -0.1) is 0 Å². The van der Waals surface area contributed by atoms with Crippen LogP contribution in [-0.4, -0.2) is 11.0 Å². The number of hydrogen-bond donors (Lipinski definition) is 1. The van der Waals surface area contributed by atoms with Crippen molar-refractivity contribution in [2.75, 3.05) is 4.90 Å². The third-order valence-electron chi connectivity index (χ3n) is 3.47. The van der Waals surface area contributed by atoms with E-state index in [1.165, 1.54) is 12.8 Å². The Morgan fingerprint density at radius 1 is 1.42 bits per heavy atom. The lowest BCUT2D eigenvalue weighted by Gasteiger charge is -2.26. The molecule has 4 heteroatoms. The van der Waals surface area contributed by atoms with E-state index in [-0.39, 0.29) is 6.04 Å². The minimum absolute atomic E-state index is 0.0125. The maximum Gasteiger partial charge on any atom is 0.133 e. The molecule has 0 aromatic carbocycles. The van der Waals surface area contributed by atoms with Crippen LogP contribution >= 0.6 is 0 Å². The van der Waals surface area contributed by atoms with Gasteiger partial charge in [0.15, 0.2) is 0 Å². The summed E-state index contributed by atoms with van der Waals surface area (Å²) in [4.78, 5) is 6.86. The molecule has 0 aliphatic heterocycles. The van der Waals surface area contributed by atoms with Gasteiger partial charge in [0.25, 0.3) is 0 Å². The van der Waals surface area contributed by atoms with Crippen LogP contribution < -0.4 is 10.6 Å². The van der Waals surface area contributed by atoms with E-state index in [1.54, 1.807) is 6.26 Å². The molecule has 1 aliphatic carbocycles. The van der Waals surface area contributed by atoms with E-state index in [2.05, 4.69) is 16.0 Å². The summed E-state index contributed by atoms with van der Waals surface area (Å²) >= 11 is 0. The number of nitrogens with two attached hydrogens (primary N) is 1. The maximum atomic E-state index is 6.06. The molecule has 2 heterocycles. The highest BCUT2D eigenvalue weighted by molar-refractivity contribution is 5.50. The van der Waals surface area contributed by atoms with Gasteiger partial charge in [-0.1, -0.05) is 6.07 Å². The number of aromatic nitrogens is 1. The first kappa shape index (κ1) is 12.2. The zero-order valence-corrected chi connectivity index (χ0v) is 11.1. The fourth-order valence-electron chi connectivity index (χ4n) is 2.34. The van der Waals surface area contributed by atoms with Crippen molar-refractivity contribution in [2.45, 2.75) is 38.4 Å². The summed E-state index contributed by atoms with van der Waals surface area (Å²) in [5.74, 6) is 1.96. The van der Waals surface area contributed by atoms with Gasteiger partial charge >= 0.3 is 0 Å². The fraction of sp³-hybridized carbons (Fsp3) is 0.400. The highest BCUT2D eigenvalue weighted by atomic mass is 16.3. The zero-order chi connectivity index (χ0) is 13.2. The van der Waals surface area contributed by atoms with Crippen LogP contribution in [0.5, 0.6) is 0 Å². The number of pyridine rings is 1. The Balaban J connectivity index is 1.92. The SMILES string of the molecule is C[C@H](N)c1cccnc1N(Cc1ccco1)C1CC1. The van der Waals surface area contributed by atoms with Crippen molar-refractivity contribution in [3.63, 3.8) is 0 Å². The van der Waals surface area contributed by atoms with Crippen molar-refractivity contribution in [1.29, 1.82) is 0 Å². The highest BCUT2D eigenvalue weighted by Crippen LogP contribution is 2.35. The minimum Gasteiger partial charge on any atom is -0.467 e. The van der Waals surface area contributed by atoms with Crippen molar-refractivity contribution < 1.29 is 4.42 Å². The van der Waals surface area contributed by atoms with Crippen molar-refractivity contribution in [3.8, 4) is 0 Å². The second-order valence-corrected chi connectivity index (χ2v) is 5.14. The summed E-state index contributed by atoms with van der Waals surface area (Å²) in [7, 11) is 0. The lowest BCUT2D eigenvalue weighted by atomic mass is 10.1. The largest absolute Gasteiger partial charge is 0.467 e. The molecular weight excluding hydrogens is 238 g/mol. The fourth-order valence-corrected chi connectivity index (χ4v) is 2.34. The molecule has 2 N–H and O–H groups in total. The van der Waals surface area contributed by atoms with E-state index in [0.29, 0.717) is 6.04 Å². The van der Waals surface area contributed by atoms with Crippen LogP contribution in [0.15, 0.2) is 41.1 Å². The van der Waals surface area contributed by atoms with Gasteiger partial charge in [0.2, 0.25) is 0 Å². The van der Waals surface area contributed by atoms with Crippen LogP contribution in [0.25, 0.3) is 0 Å². The summed E-state index contributed by atoms with van der Waals surface area (Å²) in [5.41, 5.74) is 7.15. The van der Waals surface area contributed by atoms with Crippen LogP contribution in [-0.2, 0) is 6.54 Å².